The van der Waals surface area contributed by atoms with Gasteiger partial charge in [-0.25, -0.2) is 0 Å². The highest BCUT2D eigenvalue weighted by Crippen LogP contribution is 2.37. The van der Waals surface area contributed by atoms with E-state index in [1.54, 1.807) is 6.26 Å². The van der Waals surface area contributed by atoms with Gasteiger partial charge in [-0.15, -0.1) is 0 Å². The molecule has 1 aliphatic rings. The van der Waals surface area contributed by atoms with Crippen LogP contribution < -0.4 is 5.32 Å². The third-order valence-electron chi connectivity index (χ3n) is 4.21. The van der Waals surface area contributed by atoms with E-state index in [4.69, 9.17) is 4.42 Å². The van der Waals surface area contributed by atoms with Gasteiger partial charge in [-0.1, -0.05) is 31.2 Å². The van der Waals surface area contributed by atoms with Gasteiger partial charge in [0.05, 0.1) is 16.8 Å². The van der Waals surface area contributed by atoms with Crippen molar-refractivity contribution >= 4 is 15.9 Å². The number of furan rings is 1. The second-order valence-electron chi connectivity index (χ2n) is 5.44. The van der Waals surface area contributed by atoms with Gasteiger partial charge in [-0.2, -0.15) is 0 Å². The number of halogens is 1. The summed E-state index contributed by atoms with van der Waals surface area (Å²) in [6.45, 7) is 3.11. The molecule has 2 aromatic rings. The second-order valence-corrected chi connectivity index (χ2v) is 6.29. The lowest BCUT2D eigenvalue weighted by atomic mass is 9.79. The first kappa shape index (κ1) is 13.9. The van der Waals surface area contributed by atoms with Gasteiger partial charge in [-0.05, 0) is 64.8 Å². The zero-order valence-electron chi connectivity index (χ0n) is 11.7. The van der Waals surface area contributed by atoms with Gasteiger partial charge >= 0.3 is 0 Å². The van der Waals surface area contributed by atoms with Gasteiger partial charge < -0.3 is 9.73 Å². The van der Waals surface area contributed by atoms with Gasteiger partial charge in [-0.3, -0.25) is 0 Å². The Bertz CT molecular complexity index is 578. The van der Waals surface area contributed by atoms with Crippen molar-refractivity contribution in [3.05, 3.63) is 58.0 Å². The molecule has 0 saturated heterocycles. The van der Waals surface area contributed by atoms with Crippen LogP contribution in [0.4, 0.5) is 0 Å². The predicted molar refractivity (Wildman–Crippen MR) is 84.8 cm³/mol. The van der Waals surface area contributed by atoms with Crippen molar-refractivity contribution in [3.8, 4) is 0 Å². The van der Waals surface area contributed by atoms with Crippen LogP contribution in [0.1, 0.15) is 36.3 Å². The number of nitrogens with one attached hydrogen (secondary N) is 1. The molecular formula is C17H20BrNO. The molecule has 1 N–H and O–H groups in total. The van der Waals surface area contributed by atoms with Crippen LogP contribution in [0, 0.1) is 5.92 Å². The van der Waals surface area contributed by atoms with Gasteiger partial charge in [0.1, 0.15) is 5.76 Å². The maximum atomic E-state index is 5.71. The molecule has 1 aromatic heterocycles. The third-order valence-corrected chi connectivity index (χ3v) is 4.86. The van der Waals surface area contributed by atoms with Crippen molar-refractivity contribution in [2.45, 2.75) is 32.2 Å². The largest absolute Gasteiger partial charge is 0.466 e. The highest BCUT2D eigenvalue weighted by molar-refractivity contribution is 9.10. The SMILES string of the molecule is CCNC(c1occc1Br)C1CCc2ccccc2C1. The van der Waals surface area contributed by atoms with E-state index >= 15 is 0 Å². The van der Waals surface area contributed by atoms with E-state index < -0.39 is 0 Å². The van der Waals surface area contributed by atoms with E-state index in [9.17, 15) is 0 Å². The van der Waals surface area contributed by atoms with E-state index in [1.807, 2.05) is 6.07 Å². The zero-order chi connectivity index (χ0) is 13.9. The Morgan fingerprint density at radius 2 is 2.10 bits per heavy atom. The van der Waals surface area contributed by atoms with Gasteiger partial charge in [0.25, 0.3) is 0 Å². The van der Waals surface area contributed by atoms with Crippen LogP contribution >= 0.6 is 15.9 Å². The Morgan fingerprint density at radius 1 is 1.30 bits per heavy atom. The van der Waals surface area contributed by atoms with Crippen LogP contribution in [-0.2, 0) is 12.8 Å². The lowest BCUT2D eigenvalue weighted by molar-refractivity contribution is 0.286. The normalized spacial score (nSPS) is 19.6. The van der Waals surface area contributed by atoms with Gasteiger partial charge in [0.2, 0.25) is 0 Å². The molecule has 3 heteroatoms. The molecule has 0 aliphatic heterocycles. The van der Waals surface area contributed by atoms with Gasteiger partial charge in [0.15, 0.2) is 0 Å². The quantitative estimate of drug-likeness (QED) is 0.891. The maximum absolute atomic E-state index is 5.71. The van der Waals surface area contributed by atoms with Crippen molar-refractivity contribution in [2.24, 2.45) is 5.92 Å². The van der Waals surface area contributed by atoms with Crippen LogP contribution in [-0.4, -0.2) is 6.54 Å². The summed E-state index contributed by atoms with van der Waals surface area (Å²) < 4.78 is 6.78. The first-order valence-electron chi connectivity index (χ1n) is 7.32. The fourth-order valence-corrected chi connectivity index (χ4v) is 3.68. The summed E-state index contributed by atoms with van der Waals surface area (Å²) in [5.74, 6) is 1.63. The molecule has 2 unspecified atom stereocenters. The molecule has 0 amide bonds. The Kier molecular flexibility index (Phi) is 4.27. The molecule has 0 spiro atoms. The molecule has 20 heavy (non-hydrogen) atoms. The topological polar surface area (TPSA) is 25.2 Å². The fourth-order valence-electron chi connectivity index (χ4n) is 3.23. The number of aryl methyl sites for hydroxylation is 1. The minimum Gasteiger partial charge on any atom is -0.466 e. The first-order valence-corrected chi connectivity index (χ1v) is 8.12. The number of fused-ring (bicyclic) bond motifs is 1. The summed E-state index contributed by atoms with van der Waals surface area (Å²) in [4.78, 5) is 0. The van der Waals surface area contributed by atoms with Crippen molar-refractivity contribution in [1.29, 1.82) is 0 Å². The molecule has 1 heterocycles. The molecule has 2 nitrogen and oxygen atoms in total. The Balaban J connectivity index is 1.85. The highest BCUT2D eigenvalue weighted by atomic mass is 79.9. The van der Waals surface area contributed by atoms with Crippen LogP contribution in [0.15, 0.2) is 45.5 Å². The predicted octanol–water partition coefficient (Wildman–Crippen LogP) is 4.50. The average molecular weight is 334 g/mol. The van der Waals surface area contributed by atoms with Crippen LogP contribution in [0.5, 0.6) is 0 Å². The number of benzene rings is 1. The minimum absolute atomic E-state index is 0.290. The number of hydrogen-bond acceptors (Lipinski definition) is 2. The monoisotopic (exact) mass is 333 g/mol. The summed E-state index contributed by atoms with van der Waals surface area (Å²) in [7, 11) is 0. The van der Waals surface area contributed by atoms with Gasteiger partial charge in [0, 0.05) is 0 Å². The summed E-state index contributed by atoms with van der Waals surface area (Å²) in [6, 6.07) is 11.1. The Hall–Kier alpha value is -1.06. The Labute approximate surface area is 128 Å². The summed E-state index contributed by atoms with van der Waals surface area (Å²) in [6.07, 6.45) is 5.27. The summed E-state index contributed by atoms with van der Waals surface area (Å²) in [5, 5.41) is 3.60. The third kappa shape index (κ3) is 2.70. The Morgan fingerprint density at radius 3 is 2.80 bits per heavy atom. The standard InChI is InChI=1S/C17H20BrNO/c1-2-19-16(17-15(18)9-10-20-17)14-8-7-12-5-3-4-6-13(12)11-14/h3-6,9-10,14,16,19H,2,7-8,11H2,1H3. The van der Waals surface area contributed by atoms with E-state index in [0.29, 0.717) is 5.92 Å². The molecule has 0 bridgehead atoms. The van der Waals surface area contributed by atoms with E-state index in [2.05, 4.69) is 52.4 Å². The lowest BCUT2D eigenvalue weighted by Gasteiger charge is -2.31. The van der Waals surface area contributed by atoms with E-state index in [-0.39, 0.29) is 6.04 Å². The maximum Gasteiger partial charge on any atom is 0.135 e. The number of rotatable bonds is 4. The molecule has 0 radical (unpaired) electrons. The first-order chi connectivity index (χ1) is 9.79. The molecule has 1 aromatic carbocycles. The zero-order valence-corrected chi connectivity index (χ0v) is 13.3. The second kappa shape index (κ2) is 6.15. The smallest absolute Gasteiger partial charge is 0.135 e. The van der Waals surface area contributed by atoms with Crippen LogP contribution in [0.25, 0.3) is 0 Å². The summed E-state index contributed by atoms with van der Waals surface area (Å²) in [5.41, 5.74) is 3.01. The molecule has 0 saturated carbocycles. The minimum atomic E-state index is 0.290. The highest BCUT2D eigenvalue weighted by Gasteiger charge is 2.29. The molecule has 0 fully saturated rings. The lowest BCUT2D eigenvalue weighted by Crippen LogP contribution is -2.31. The molecular weight excluding hydrogens is 314 g/mol. The summed E-state index contributed by atoms with van der Waals surface area (Å²) >= 11 is 3.60. The van der Waals surface area contributed by atoms with Crippen molar-refractivity contribution < 1.29 is 4.42 Å². The molecule has 1 aliphatic carbocycles. The van der Waals surface area contributed by atoms with Crippen molar-refractivity contribution in [1.82, 2.24) is 5.32 Å². The van der Waals surface area contributed by atoms with Crippen molar-refractivity contribution in [3.63, 3.8) is 0 Å². The fraction of sp³-hybridized carbons (Fsp3) is 0.412. The van der Waals surface area contributed by atoms with Crippen molar-refractivity contribution in [2.75, 3.05) is 6.54 Å². The van der Waals surface area contributed by atoms with Crippen LogP contribution in [0.2, 0.25) is 0 Å². The molecule has 106 valence electrons. The van der Waals surface area contributed by atoms with E-state index in [0.717, 1.165) is 23.2 Å². The molecule has 2 atom stereocenters. The van der Waals surface area contributed by atoms with E-state index in [1.165, 1.54) is 24.0 Å². The average Bonchev–Trinajstić information content (AvgIpc) is 2.90. The molecule has 3 rings (SSSR count). The van der Waals surface area contributed by atoms with Crippen LogP contribution in [0.3, 0.4) is 0 Å². The number of hydrogen-bond donors (Lipinski definition) is 1.